The molecule has 0 amide bonds. The SMILES string of the molecule is COCCCCCNCc1ccc(OC)c(O)c1. The molecule has 0 saturated carbocycles. The Balaban J connectivity index is 2.17. The maximum absolute atomic E-state index is 9.62. The van der Waals surface area contributed by atoms with E-state index in [9.17, 15) is 5.11 Å². The molecule has 0 heterocycles. The van der Waals surface area contributed by atoms with Gasteiger partial charge in [-0.25, -0.2) is 0 Å². The van der Waals surface area contributed by atoms with Gasteiger partial charge >= 0.3 is 0 Å². The molecular formula is C14H23NO3. The predicted molar refractivity (Wildman–Crippen MR) is 72.1 cm³/mol. The summed E-state index contributed by atoms with van der Waals surface area (Å²) in [6.07, 6.45) is 3.43. The van der Waals surface area contributed by atoms with Crippen LogP contribution in [-0.2, 0) is 11.3 Å². The van der Waals surface area contributed by atoms with Crippen molar-refractivity contribution >= 4 is 0 Å². The number of benzene rings is 1. The summed E-state index contributed by atoms with van der Waals surface area (Å²) in [6, 6.07) is 5.47. The molecule has 4 nitrogen and oxygen atoms in total. The Kier molecular flexibility index (Phi) is 7.22. The number of nitrogens with one attached hydrogen (secondary N) is 1. The molecule has 0 radical (unpaired) electrons. The number of unbranched alkanes of at least 4 members (excludes halogenated alkanes) is 2. The zero-order chi connectivity index (χ0) is 13.2. The molecule has 0 fully saturated rings. The molecule has 102 valence electrons. The van der Waals surface area contributed by atoms with Gasteiger partial charge < -0.3 is 19.9 Å². The average Bonchev–Trinajstić information content (AvgIpc) is 2.38. The summed E-state index contributed by atoms with van der Waals surface area (Å²) in [4.78, 5) is 0. The summed E-state index contributed by atoms with van der Waals surface area (Å²) in [6.45, 7) is 2.59. The molecular weight excluding hydrogens is 230 g/mol. The van der Waals surface area contributed by atoms with Crippen LogP contribution in [0.25, 0.3) is 0 Å². The van der Waals surface area contributed by atoms with E-state index in [-0.39, 0.29) is 5.75 Å². The quantitative estimate of drug-likeness (QED) is 0.663. The van der Waals surface area contributed by atoms with E-state index in [4.69, 9.17) is 9.47 Å². The Morgan fingerprint density at radius 2 is 2.00 bits per heavy atom. The number of hydrogen-bond acceptors (Lipinski definition) is 4. The van der Waals surface area contributed by atoms with E-state index in [0.717, 1.165) is 38.1 Å². The van der Waals surface area contributed by atoms with Crippen molar-refractivity contribution in [3.05, 3.63) is 23.8 Å². The molecule has 0 aliphatic carbocycles. The van der Waals surface area contributed by atoms with Crippen molar-refractivity contribution in [2.24, 2.45) is 0 Å². The van der Waals surface area contributed by atoms with Crippen molar-refractivity contribution < 1.29 is 14.6 Å². The molecule has 1 aromatic rings. The number of rotatable bonds is 9. The number of methoxy groups -OCH3 is 2. The second kappa shape index (κ2) is 8.78. The van der Waals surface area contributed by atoms with Gasteiger partial charge in [-0.15, -0.1) is 0 Å². The van der Waals surface area contributed by atoms with Crippen LogP contribution in [0, 0.1) is 0 Å². The highest BCUT2D eigenvalue weighted by Gasteiger charge is 2.01. The summed E-state index contributed by atoms with van der Waals surface area (Å²) < 4.78 is 9.99. The van der Waals surface area contributed by atoms with Gasteiger partial charge in [0.25, 0.3) is 0 Å². The van der Waals surface area contributed by atoms with Crippen LogP contribution in [0.15, 0.2) is 18.2 Å². The van der Waals surface area contributed by atoms with Gasteiger partial charge in [0.2, 0.25) is 0 Å². The number of ether oxygens (including phenoxy) is 2. The first-order valence-corrected chi connectivity index (χ1v) is 6.33. The van der Waals surface area contributed by atoms with Crippen molar-refractivity contribution in [2.45, 2.75) is 25.8 Å². The number of phenols is 1. The van der Waals surface area contributed by atoms with Crippen molar-refractivity contribution in [1.29, 1.82) is 0 Å². The van der Waals surface area contributed by atoms with Crippen molar-refractivity contribution in [1.82, 2.24) is 5.32 Å². The van der Waals surface area contributed by atoms with E-state index < -0.39 is 0 Å². The number of aromatic hydroxyl groups is 1. The standard InChI is InChI=1S/C14H23NO3/c1-17-9-5-3-4-8-15-11-12-6-7-14(18-2)13(16)10-12/h6-7,10,15-16H,3-5,8-9,11H2,1-2H3. The monoisotopic (exact) mass is 253 g/mol. The Labute approximate surface area is 109 Å². The van der Waals surface area contributed by atoms with E-state index in [1.165, 1.54) is 6.42 Å². The topological polar surface area (TPSA) is 50.7 Å². The third-order valence-electron chi connectivity index (χ3n) is 2.77. The highest BCUT2D eigenvalue weighted by Crippen LogP contribution is 2.25. The maximum atomic E-state index is 9.62. The molecule has 1 aromatic carbocycles. The lowest BCUT2D eigenvalue weighted by Gasteiger charge is -2.07. The van der Waals surface area contributed by atoms with E-state index in [0.29, 0.717) is 5.75 Å². The van der Waals surface area contributed by atoms with Crippen LogP contribution in [0.1, 0.15) is 24.8 Å². The Morgan fingerprint density at radius 3 is 2.67 bits per heavy atom. The molecule has 1 rings (SSSR count). The fraction of sp³-hybridized carbons (Fsp3) is 0.571. The van der Waals surface area contributed by atoms with Gasteiger partial charge in [-0.1, -0.05) is 6.07 Å². The number of phenolic OH excluding ortho intramolecular Hbond substituents is 1. The largest absolute Gasteiger partial charge is 0.504 e. The third kappa shape index (κ3) is 5.38. The smallest absolute Gasteiger partial charge is 0.160 e. The lowest BCUT2D eigenvalue weighted by Crippen LogP contribution is -2.14. The Morgan fingerprint density at radius 1 is 1.17 bits per heavy atom. The number of hydrogen-bond donors (Lipinski definition) is 2. The Bertz CT molecular complexity index is 342. The normalized spacial score (nSPS) is 10.6. The lowest BCUT2D eigenvalue weighted by atomic mass is 10.2. The van der Waals surface area contributed by atoms with Crippen molar-refractivity contribution in [3.63, 3.8) is 0 Å². The first kappa shape index (κ1) is 14.8. The van der Waals surface area contributed by atoms with Crippen molar-refractivity contribution in [2.75, 3.05) is 27.4 Å². The average molecular weight is 253 g/mol. The summed E-state index contributed by atoms with van der Waals surface area (Å²) in [7, 11) is 3.28. The van der Waals surface area contributed by atoms with Crippen LogP contribution in [-0.4, -0.2) is 32.5 Å². The summed E-state index contributed by atoms with van der Waals surface area (Å²) in [5, 5.41) is 13.0. The molecule has 0 unspecified atom stereocenters. The summed E-state index contributed by atoms with van der Waals surface area (Å²) >= 11 is 0. The molecule has 2 N–H and O–H groups in total. The second-order valence-electron chi connectivity index (χ2n) is 4.24. The van der Waals surface area contributed by atoms with Crippen LogP contribution >= 0.6 is 0 Å². The highest BCUT2D eigenvalue weighted by atomic mass is 16.5. The maximum Gasteiger partial charge on any atom is 0.160 e. The molecule has 0 saturated heterocycles. The van der Waals surface area contributed by atoms with Crippen LogP contribution in [0.5, 0.6) is 11.5 Å². The zero-order valence-electron chi connectivity index (χ0n) is 11.2. The Hall–Kier alpha value is -1.26. The molecule has 0 aliphatic heterocycles. The van der Waals surface area contributed by atoms with Gasteiger partial charge in [-0.2, -0.15) is 0 Å². The van der Waals surface area contributed by atoms with Gasteiger partial charge in [-0.3, -0.25) is 0 Å². The van der Waals surface area contributed by atoms with Gasteiger partial charge in [0.1, 0.15) is 0 Å². The van der Waals surface area contributed by atoms with Gasteiger partial charge in [-0.05, 0) is 43.5 Å². The minimum atomic E-state index is 0.192. The van der Waals surface area contributed by atoms with Crippen LogP contribution in [0.2, 0.25) is 0 Å². The summed E-state index contributed by atoms with van der Waals surface area (Å²) in [5.74, 6) is 0.704. The van der Waals surface area contributed by atoms with Crippen LogP contribution in [0.3, 0.4) is 0 Å². The first-order chi connectivity index (χ1) is 8.77. The lowest BCUT2D eigenvalue weighted by molar-refractivity contribution is 0.192. The third-order valence-corrected chi connectivity index (χ3v) is 2.77. The highest BCUT2D eigenvalue weighted by molar-refractivity contribution is 5.41. The minimum absolute atomic E-state index is 0.192. The molecule has 0 atom stereocenters. The predicted octanol–water partition coefficient (Wildman–Crippen LogP) is 2.31. The molecule has 0 spiro atoms. The fourth-order valence-electron chi connectivity index (χ4n) is 1.75. The zero-order valence-corrected chi connectivity index (χ0v) is 11.2. The van der Waals surface area contributed by atoms with Crippen LogP contribution < -0.4 is 10.1 Å². The molecule has 18 heavy (non-hydrogen) atoms. The van der Waals surface area contributed by atoms with Crippen LogP contribution in [0.4, 0.5) is 0 Å². The molecule has 0 aromatic heterocycles. The van der Waals surface area contributed by atoms with Gasteiger partial charge in [0, 0.05) is 20.3 Å². The van der Waals surface area contributed by atoms with E-state index in [1.807, 2.05) is 6.07 Å². The van der Waals surface area contributed by atoms with Gasteiger partial charge in [0.05, 0.1) is 7.11 Å². The van der Waals surface area contributed by atoms with E-state index in [2.05, 4.69) is 5.32 Å². The first-order valence-electron chi connectivity index (χ1n) is 6.33. The minimum Gasteiger partial charge on any atom is -0.504 e. The molecule has 0 aliphatic rings. The molecule has 0 bridgehead atoms. The van der Waals surface area contributed by atoms with Crippen molar-refractivity contribution in [3.8, 4) is 11.5 Å². The van der Waals surface area contributed by atoms with E-state index >= 15 is 0 Å². The van der Waals surface area contributed by atoms with Gasteiger partial charge in [0.15, 0.2) is 11.5 Å². The fourth-order valence-corrected chi connectivity index (χ4v) is 1.75. The second-order valence-corrected chi connectivity index (χ2v) is 4.24. The van der Waals surface area contributed by atoms with E-state index in [1.54, 1.807) is 26.4 Å². The molecule has 4 heteroatoms. The summed E-state index contributed by atoms with van der Waals surface area (Å²) in [5.41, 5.74) is 1.06.